The average molecular weight is 1220 g/mol. The van der Waals surface area contributed by atoms with E-state index in [0.29, 0.717) is 88.0 Å². The van der Waals surface area contributed by atoms with Crippen LogP contribution in [0.25, 0.3) is 6.08 Å². The van der Waals surface area contributed by atoms with Crippen LogP contribution in [-0.2, 0) is 24.0 Å². The van der Waals surface area contributed by atoms with Crippen LogP contribution in [0.15, 0.2) is 198 Å². The molecule has 2 unspecified atom stereocenters. The van der Waals surface area contributed by atoms with Crippen LogP contribution in [0.5, 0.6) is 0 Å². The van der Waals surface area contributed by atoms with Gasteiger partial charge >= 0.3 is 0 Å². The van der Waals surface area contributed by atoms with E-state index in [1.807, 2.05) is 18.2 Å². The van der Waals surface area contributed by atoms with Crippen molar-refractivity contribution in [3.05, 3.63) is 226 Å². The minimum atomic E-state index is -0.675. The molecule has 0 bridgehead atoms. The van der Waals surface area contributed by atoms with Crippen molar-refractivity contribution in [3.63, 3.8) is 0 Å². The van der Waals surface area contributed by atoms with Crippen molar-refractivity contribution in [1.82, 2.24) is 20.3 Å². The van der Waals surface area contributed by atoms with Gasteiger partial charge in [0.15, 0.2) is 5.78 Å². The standard InChI is InChI=1S/C17H19N.C15H17NO2.C15H15NO.3C9H12O.C6H5NO/c1-3-8-14(9-4-1)17(16-12-7-13-18-16)15-10-5-2-6-11-15;1-2-9-7-11-12(8-9)15(18)13(11)14(17)10-3-5-16-6-4-10;1-2-10-7-12-13(8-10)15(17)14(12)9-11-3-5-16-6-4-11;3*1-2-6-3-7-5-9(10)8(7)4-6;8-5-6-1-3-7-4-2-6/h1-6,8-11,16-18H,7,12-13H2;3-6,8,11-14,17H,2,7H2,1H3;3-6,8-9,12-13H,2,7H2,1H3;3*4,7-8H,2-3,5H2,1H3;1-5H/t16-;11-,12+,13?,14?;12-,13+;3*7-,8-;/m111110./s1. The zero-order chi connectivity index (χ0) is 64.0. The van der Waals surface area contributed by atoms with Crippen molar-refractivity contribution in [2.24, 2.45) is 65.1 Å². The number of ketones is 5. The summed E-state index contributed by atoms with van der Waals surface area (Å²) in [5.74, 6) is 6.35. The number of aldehydes is 1. The lowest BCUT2D eigenvalue weighted by Gasteiger charge is -2.41. The molecule has 5 aromatic rings. The number of nitrogens with zero attached hydrogens (tertiary/aromatic N) is 3. The number of aliphatic hydroxyl groups is 1. The van der Waals surface area contributed by atoms with Crippen LogP contribution in [0, 0.1) is 65.1 Å². The van der Waals surface area contributed by atoms with Gasteiger partial charge in [-0.25, -0.2) is 0 Å². The number of carbonyl (C=O) groups is 6. The molecule has 0 spiro atoms. The summed E-state index contributed by atoms with van der Waals surface area (Å²) in [4.78, 5) is 78.5. The van der Waals surface area contributed by atoms with E-state index in [2.05, 4.69) is 146 Å². The van der Waals surface area contributed by atoms with Crippen LogP contribution >= 0.6 is 0 Å². The first-order chi connectivity index (χ1) is 44.3. The maximum atomic E-state index is 12.1. The second-order valence-corrected chi connectivity index (χ2v) is 26.4. The third-order valence-corrected chi connectivity index (χ3v) is 21.0. The number of fused-ring (bicyclic) bond motifs is 5. The number of aromatic nitrogens is 3. The summed E-state index contributed by atoms with van der Waals surface area (Å²) in [5, 5.41) is 14.0. The van der Waals surface area contributed by atoms with E-state index < -0.39 is 6.10 Å². The minimum absolute atomic E-state index is 0.0708. The number of hydrogen-bond acceptors (Lipinski definition) is 11. The molecular formula is C80H92N4O7. The Hall–Kier alpha value is -7.73. The first-order valence-corrected chi connectivity index (χ1v) is 33.8. The predicted molar refractivity (Wildman–Crippen MR) is 359 cm³/mol. The lowest BCUT2D eigenvalue weighted by molar-refractivity contribution is -0.146. The van der Waals surface area contributed by atoms with Gasteiger partial charge in [0.05, 0.1) is 12.0 Å². The molecule has 5 saturated carbocycles. The van der Waals surface area contributed by atoms with Gasteiger partial charge in [-0.3, -0.25) is 43.7 Å². The summed E-state index contributed by atoms with van der Waals surface area (Å²) < 4.78 is 0. The number of hydrogen-bond donors (Lipinski definition) is 2. The summed E-state index contributed by atoms with van der Waals surface area (Å²) >= 11 is 0. The van der Waals surface area contributed by atoms with Gasteiger partial charge in [-0.15, -0.1) is 0 Å². The Labute approximate surface area is 539 Å². The van der Waals surface area contributed by atoms with Crippen LogP contribution in [-0.4, -0.2) is 67.8 Å². The molecule has 2 aromatic carbocycles. The highest BCUT2D eigenvalue weighted by Gasteiger charge is 2.54. The van der Waals surface area contributed by atoms with E-state index in [1.165, 1.54) is 71.1 Å². The Bertz CT molecular complexity index is 3380. The fourth-order valence-electron chi connectivity index (χ4n) is 15.4. The Morgan fingerprint density at radius 1 is 0.484 bits per heavy atom. The molecule has 10 aliphatic carbocycles. The van der Waals surface area contributed by atoms with Gasteiger partial charge in [-0.05, 0) is 172 Å². The highest BCUT2D eigenvalue weighted by molar-refractivity contribution is 6.10. The number of carbonyl (C=O) groups excluding carboxylic acids is 6. The molecule has 6 fully saturated rings. The lowest BCUT2D eigenvalue weighted by atomic mass is 9.62. The summed E-state index contributed by atoms with van der Waals surface area (Å²) in [6, 6.07) is 33.1. The molecule has 0 amide bonds. The van der Waals surface area contributed by atoms with E-state index in [4.69, 9.17) is 0 Å². The predicted octanol–water partition coefficient (Wildman–Crippen LogP) is 15.6. The Morgan fingerprint density at radius 2 is 0.901 bits per heavy atom. The second-order valence-electron chi connectivity index (χ2n) is 26.4. The van der Waals surface area contributed by atoms with E-state index in [0.717, 1.165) is 93.7 Å². The fraction of sp³-hybridized carbons (Fsp3) is 0.438. The maximum absolute atomic E-state index is 12.1. The number of pyridine rings is 3. The van der Waals surface area contributed by atoms with Gasteiger partial charge < -0.3 is 10.4 Å². The van der Waals surface area contributed by atoms with Crippen molar-refractivity contribution < 1.29 is 33.9 Å². The molecule has 3 aromatic heterocycles. The second kappa shape index (κ2) is 31.5. The van der Waals surface area contributed by atoms with Crippen LogP contribution < -0.4 is 5.32 Å². The number of aliphatic hydroxyl groups excluding tert-OH is 1. The molecule has 1 saturated heterocycles. The SMILES string of the molecule is CCC1=C[C@@H]2C(=O)C(=Cc3ccncc3)[C@@H]2C1.CCC1=C[C@@H]2C(=O)C(C(O)c3ccncc3)[C@@H]2C1.CCC1=C[C@@H]2C(=O)C[C@@H]2C1.CCC1=C[C@H]2C(=O)C[C@H]2C1.CCC1=C[C@H]2C(=O)C[C@H]2C1.O=Cc1ccncc1.c1ccc(C(c2ccccc2)[C@H]2CCCN2)cc1. The van der Waals surface area contributed by atoms with Crippen LogP contribution in [0.2, 0.25) is 0 Å². The van der Waals surface area contributed by atoms with E-state index in [9.17, 15) is 33.9 Å². The van der Waals surface area contributed by atoms with E-state index in [-0.39, 0.29) is 23.5 Å². The molecule has 4 heterocycles. The van der Waals surface area contributed by atoms with Crippen molar-refractivity contribution in [2.45, 2.75) is 149 Å². The topological polar surface area (TPSA) is 173 Å². The molecule has 16 rings (SSSR count). The molecule has 0 radical (unpaired) electrons. The van der Waals surface area contributed by atoms with Crippen LogP contribution in [0.3, 0.4) is 0 Å². The van der Waals surface area contributed by atoms with Crippen molar-refractivity contribution >= 4 is 41.3 Å². The first kappa shape index (κ1) is 66.2. The van der Waals surface area contributed by atoms with Crippen LogP contribution in [0.1, 0.15) is 176 Å². The molecule has 11 nitrogen and oxygen atoms in total. The van der Waals surface area contributed by atoms with Crippen molar-refractivity contribution in [3.8, 4) is 0 Å². The molecule has 1 aliphatic heterocycles. The summed E-state index contributed by atoms with van der Waals surface area (Å²) in [6.07, 6.45) is 39.3. The third-order valence-electron chi connectivity index (χ3n) is 21.0. The van der Waals surface area contributed by atoms with Crippen molar-refractivity contribution in [2.75, 3.05) is 6.54 Å². The minimum Gasteiger partial charge on any atom is -0.388 e. The quantitative estimate of drug-likeness (QED) is 0.0691. The molecule has 11 aliphatic rings. The molecule has 91 heavy (non-hydrogen) atoms. The van der Waals surface area contributed by atoms with Gasteiger partial charge in [0, 0.05) is 115 Å². The Balaban J connectivity index is 0.000000119. The van der Waals surface area contributed by atoms with Gasteiger partial charge in [0.1, 0.15) is 29.4 Å². The number of nitrogens with one attached hydrogen (secondary N) is 1. The number of rotatable bonds is 12. The zero-order valence-corrected chi connectivity index (χ0v) is 53.9. The van der Waals surface area contributed by atoms with Gasteiger partial charge in [-0.2, -0.15) is 0 Å². The number of Topliss-reactive ketones (excluding diaryl/α,β-unsaturated/α-hetero) is 5. The molecule has 11 heteroatoms. The Kier molecular flexibility index (Phi) is 22.9. The van der Waals surface area contributed by atoms with Crippen LogP contribution in [0.4, 0.5) is 0 Å². The number of allylic oxidation sites excluding steroid dienone is 11. The monoisotopic (exact) mass is 1220 g/mol. The highest BCUT2D eigenvalue weighted by Crippen LogP contribution is 2.53. The highest BCUT2D eigenvalue weighted by atomic mass is 16.3. The van der Waals surface area contributed by atoms with Gasteiger partial charge in [0.25, 0.3) is 0 Å². The largest absolute Gasteiger partial charge is 0.388 e. The lowest BCUT2D eigenvalue weighted by Crippen LogP contribution is -2.47. The zero-order valence-electron chi connectivity index (χ0n) is 53.9. The van der Waals surface area contributed by atoms with Crippen molar-refractivity contribution in [1.29, 1.82) is 0 Å². The molecule has 474 valence electrons. The molecule has 2 N–H and O–H groups in total. The smallest absolute Gasteiger partial charge is 0.166 e. The summed E-state index contributed by atoms with van der Waals surface area (Å²) in [6.45, 7) is 11.9. The maximum Gasteiger partial charge on any atom is 0.166 e. The average Bonchev–Trinajstić information content (AvgIpc) is 1.67. The van der Waals surface area contributed by atoms with Gasteiger partial charge in [-0.1, -0.05) is 154 Å². The third kappa shape index (κ3) is 15.8. The fourth-order valence-corrected chi connectivity index (χ4v) is 15.4. The van der Waals surface area contributed by atoms with E-state index >= 15 is 0 Å². The number of benzene rings is 2. The first-order valence-electron chi connectivity index (χ1n) is 33.8. The summed E-state index contributed by atoms with van der Waals surface area (Å²) in [5.41, 5.74) is 13.7. The molecular weight excluding hydrogens is 1130 g/mol. The summed E-state index contributed by atoms with van der Waals surface area (Å²) in [7, 11) is 0. The van der Waals surface area contributed by atoms with Gasteiger partial charge in [0.2, 0.25) is 0 Å². The van der Waals surface area contributed by atoms with E-state index in [1.54, 1.807) is 61.4 Å². The Morgan fingerprint density at radius 3 is 1.31 bits per heavy atom. The normalized spacial score (nSPS) is 28.4. The molecule has 13 atom stereocenters.